The van der Waals surface area contributed by atoms with Gasteiger partial charge in [-0.1, -0.05) is 39.8 Å². The number of carbonyl (C=O) groups is 1. The maximum absolute atomic E-state index is 12.7. The highest BCUT2D eigenvalue weighted by molar-refractivity contribution is 6.03. The van der Waals surface area contributed by atoms with Crippen LogP contribution in [0.1, 0.15) is 79.1 Å². The quantitative estimate of drug-likeness (QED) is 0.828. The number of hydrogen-bond donors (Lipinski definition) is 2. The third kappa shape index (κ3) is 3.49. The fourth-order valence-corrected chi connectivity index (χ4v) is 3.64. The molecule has 0 fully saturated rings. The second kappa shape index (κ2) is 6.34. The molecule has 4 nitrogen and oxygen atoms in total. The maximum atomic E-state index is 12.7. The van der Waals surface area contributed by atoms with Gasteiger partial charge in [-0.15, -0.1) is 0 Å². The Bertz CT molecular complexity index is 784. The van der Waals surface area contributed by atoms with Crippen molar-refractivity contribution >= 4 is 11.6 Å². The second-order valence-electron chi connectivity index (χ2n) is 8.18. The first-order chi connectivity index (χ1) is 11.7. The lowest BCUT2D eigenvalue weighted by atomic mass is 9.75. The molecule has 0 spiro atoms. The Labute approximate surface area is 149 Å². The average molecular weight is 341 g/mol. The molecule has 1 heterocycles. The SMILES string of the molecule is Cc1c(C(=O)Nc2ccc(C(C)C)cc2)oc2c1[C@@H](O)CC(C)(C)C2. The summed E-state index contributed by atoms with van der Waals surface area (Å²) in [6.45, 7) is 10.3. The summed E-state index contributed by atoms with van der Waals surface area (Å²) in [5.74, 6) is 1.22. The zero-order chi connectivity index (χ0) is 18.4. The van der Waals surface area contributed by atoms with Crippen LogP contribution in [-0.2, 0) is 6.42 Å². The number of rotatable bonds is 3. The molecule has 1 aromatic heterocycles. The lowest BCUT2D eigenvalue weighted by Gasteiger charge is -2.31. The van der Waals surface area contributed by atoms with Crippen molar-refractivity contribution in [2.24, 2.45) is 5.41 Å². The van der Waals surface area contributed by atoms with Crippen LogP contribution in [0.3, 0.4) is 0 Å². The van der Waals surface area contributed by atoms with Crippen LogP contribution in [0, 0.1) is 12.3 Å². The molecule has 1 aliphatic rings. The smallest absolute Gasteiger partial charge is 0.291 e. The molecule has 0 saturated carbocycles. The summed E-state index contributed by atoms with van der Waals surface area (Å²) in [6, 6.07) is 7.85. The summed E-state index contributed by atoms with van der Waals surface area (Å²) in [5, 5.41) is 13.3. The summed E-state index contributed by atoms with van der Waals surface area (Å²) in [4.78, 5) is 12.7. The third-order valence-electron chi connectivity index (χ3n) is 5.03. The van der Waals surface area contributed by atoms with Crippen molar-refractivity contribution in [3.05, 3.63) is 52.5 Å². The summed E-state index contributed by atoms with van der Waals surface area (Å²) in [6.07, 6.45) is 0.837. The van der Waals surface area contributed by atoms with Crippen LogP contribution < -0.4 is 5.32 Å². The van der Waals surface area contributed by atoms with Crippen molar-refractivity contribution in [3.63, 3.8) is 0 Å². The Balaban J connectivity index is 1.84. The van der Waals surface area contributed by atoms with E-state index in [0.717, 1.165) is 29.0 Å². The molecule has 134 valence electrons. The highest BCUT2D eigenvalue weighted by Gasteiger charge is 2.37. The van der Waals surface area contributed by atoms with E-state index < -0.39 is 6.10 Å². The summed E-state index contributed by atoms with van der Waals surface area (Å²) in [7, 11) is 0. The topological polar surface area (TPSA) is 62.5 Å². The van der Waals surface area contributed by atoms with Crippen molar-refractivity contribution in [2.45, 2.75) is 59.5 Å². The molecule has 1 aliphatic carbocycles. The number of hydrogen-bond acceptors (Lipinski definition) is 3. The summed E-state index contributed by atoms with van der Waals surface area (Å²) >= 11 is 0. The van der Waals surface area contributed by atoms with Crippen molar-refractivity contribution in [3.8, 4) is 0 Å². The molecule has 2 N–H and O–H groups in total. The standard InChI is InChI=1S/C21H27NO3/c1-12(2)14-6-8-15(9-7-14)22-20(24)19-13(3)18-16(23)10-21(4,5)11-17(18)25-19/h6-9,12,16,23H,10-11H2,1-5H3,(H,22,24)/t16-/m0/s1. The van der Waals surface area contributed by atoms with E-state index in [1.807, 2.05) is 31.2 Å². The van der Waals surface area contributed by atoms with E-state index in [0.29, 0.717) is 18.1 Å². The van der Waals surface area contributed by atoms with Crippen LogP contribution in [0.5, 0.6) is 0 Å². The van der Waals surface area contributed by atoms with Gasteiger partial charge in [-0.3, -0.25) is 4.79 Å². The Kier molecular flexibility index (Phi) is 4.50. The lowest BCUT2D eigenvalue weighted by Crippen LogP contribution is -2.24. The van der Waals surface area contributed by atoms with E-state index in [1.54, 1.807) is 0 Å². The maximum Gasteiger partial charge on any atom is 0.291 e. The Morgan fingerprint density at radius 3 is 2.52 bits per heavy atom. The molecule has 0 unspecified atom stereocenters. The molecule has 0 aliphatic heterocycles. The molecule has 25 heavy (non-hydrogen) atoms. The number of furan rings is 1. The van der Waals surface area contributed by atoms with Crippen molar-refractivity contribution in [1.82, 2.24) is 0 Å². The first kappa shape index (κ1) is 17.7. The van der Waals surface area contributed by atoms with Gasteiger partial charge in [0, 0.05) is 23.2 Å². The Hall–Kier alpha value is -2.07. The van der Waals surface area contributed by atoms with Crippen LogP contribution in [0.2, 0.25) is 0 Å². The van der Waals surface area contributed by atoms with Gasteiger partial charge in [0.2, 0.25) is 0 Å². The lowest BCUT2D eigenvalue weighted by molar-refractivity contribution is 0.0910. The first-order valence-corrected chi connectivity index (χ1v) is 8.89. The van der Waals surface area contributed by atoms with Crippen LogP contribution in [0.15, 0.2) is 28.7 Å². The number of anilines is 1. The number of carbonyl (C=O) groups excluding carboxylic acids is 1. The molecule has 1 atom stereocenters. The van der Waals surface area contributed by atoms with Gasteiger partial charge >= 0.3 is 0 Å². The van der Waals surface area contributed by atoms with Crippen LogP contribution in [0.25, 0.3) is 0 Å². The zero-order valence-electron chi connectivity index (χ0n) is 15.6. The molecule has 4 heteroatoms. The Morgan fingerprint density at radius 2 is 1.92 bits per heavy atom. The van der Waals surface area contributed by atoms with E-state index in [1.165, 1.54) is 5.56 Å². The molecule has 2 aromatic rings. The Morgan fingerprint density at radius 1 is 1.28 bits per heavy atom. The number of aliphatic hydroxyl groups excluding tert-OH is 1. The molecule has 0 bridgehead atoms. The van der Waals surface area contributed by atoms with Gasteiger partial charge in [-0.25, -0.2) is 0 Å². The summed E-state index contributed by atoms with van der Waals surface area (Å²) in [5.41, 5.74) is 3.47. The fraction of sp³-hybridized carbons (Fsp3) is 0.476. The molecule has 1 amide bonds. The monoisotopic (exact) mass is 341 g/mol. The minimum atomic E-state index is -0.575. The predicted octanol–water partition coefficient (Wildman–Crippen LogP) is 4.97. The van der Waals surface area contributed by atoms with Gasteiger partial charge in [0.25, 0.3) is 5.91 Å². The van der Waals surface area contributed by atoms with Gasteiger partial charge in [0.1, 0.15) is 5.76 Å². The largest absolute Gasteiger partial charge is 0.455 e. The van der Waals surface area contributed by atoms with E-state index in [-0.39, 0.29) is 11.3 Å². The normalized spacial score (nSPS) is 18.9. The fourth-order valence-electron chi connectivity index (χ4n) is 3.64. The van der Waals surface area contributed by atoms with Crippen LogP contribution in [0.4, 0.5) is 5.69 Å². The minimum absolute atomic E-state index is 0.0306. The first-order valence-electron chi connectivity index (χ1n) is 8.89. The highest BCUT2D eigenvalue weighted by Crippen LogP contribution is 2.44. The number of amides is 1. The molecule has 1 aromatic carbocycles. The average Bonchev–Trinajstić information content (AvgIpc) is 2.83. The van der Waals surface area contributed by atoms with Crippen LogP contribution in [-0.4, -0.2) is 11.0 Å². The molecule has 0 radical (unpaired) electrons. The number of benzene rings is 1. The molecular formula is C21H27NO3. The molecular weight excluding hydrogens is 314 g/mol. The van der Waals surface area contributed by atoms with Gasteiger partial charge in [-0.05, 0) is 42.4 Å². The number of fused-ring (bicyclic) bond motifs is 1. The predicted molar refractivity (Wildman–Crippen MR) is 99.0 cm³/mol. The minimum Gasteiger partial charge on any atom is -0.455 e. The highest BCUT2D eigenvalue weighted by atomic mass is 16.4. The molecule has 0 saturated heterocycles. The van der Waals surface area contributed by atoms with E-state index in [2.05, 4.69) is 33.0 Å². The van der Waals surface area contributed by atoms with Crippen molar-refractivity contribution in [2.75, 3.05) is 5.32 Å². The van der Waals surface area contributed by atoms with E-state index in [9.17, 15) is 9.90 Å². The third-order valence-corrected chi connectivity index (χ3v) is 5.03. The van der Waals surface area contributed by atoms with Gasteiger partial charge in [0.15, 0.2) is 5.76 Å². The van der Waals surface area contributed by atoms with Crippen molar-refractivity contribution < 1.29 is 14.3 Å². The number of aliphatic hydroxyl groups is 1. The van der Waals surface area contributed by atoms with Gasteiger partial charge < -0.3 is 14.8 Å². The van der Waals surface area contributed by atoms with E-state index in [4.69, 9.17) is 4.42 Å². The van der Waals surface area contributed by atoms with Gasteiger partial charge in [0.05, 0.1) is 6.10 Å². The zero-order valence-corrected chi connectivity index (χ0v) is 15.6. The second-order valence-corrected chi connectivity index (χ2v) is 8.18. The van der Waals surface area contributed by atoms with Gasteiger partial charge in [-0.2, -0.15) is 0 Å². The summed E-state index contributed by atoms with van der Waals surface area (Å²) < 4.78 is 5.87. The van der Waals surface area contributed by atoms with Crippen molar-refractivity contribution in [1.29, 1.82) is 0 Å². The molecule has 3 rings (SSSR count). The van der Waals surface area contributed by atoms with Crippen LogP contribution >= 0.6 is 0 Å². The number of nitrogens with one attached hydrogen (secondary N) is 1. The van der Waals surface area contributed by atoms with E-state index >= 15 is 0 Å².